The van der Waals surface area contributed by atoms with Crippen LogP contribution < -0.4 is 0 Å². The van der Waals surface area contributed by atoms with Gasteiger partial charge in [-0.15, -0.1) is 0 Å². The molecule has 0 unspecified atom stereocenters. The molecule has 0 aliphatic heterocycles. The fraction of sp³-hybridized carbons (Fsp3) is 0.286. The Labute approximate surface area is 95.3 Å². The lowest BCUT2D eigenvalue weighted by Gasteiger charge is -2.10. The SMILES string of the molecule is CCc1nc(C)c2ccccc2c1C(C)=O. The van der Waals surface area contributed by atoms with Gasteiger partial charge in [-0.2, -0.15) is 0 Å². The van der Waals surface area contributed by atoms with Crippen molar-refractivity contribution in [1.29, 1.82) is 0 Å². The number of carbonyl (C=O) groups is 1. The topological polar surface area (TPSA) is 30.0 Å². The van der Waals surface area contributed by atoms with Crippen LogP contribution in [-0.4, -0.2) is 10.8 Å². The summed E-state index contributed by atoms with van der Waals surface area (Å²) in [6, 6.07) is 7.96. The first-order valence-corrected chi connectivity index (χ1v) is 5.54. The summed E-state index contributed by atoms with van der Waals surface area (Å²) in [5.41, 5.74) is 2.69. The molecule has 0 saturated heterocycles. The molecule has 1 heterocycles. The fourth-order valence-electron chi connectivity index (χ4n) is 2.14. The van der Waals surface area contributed by atoms with Crippen molar-refractivity contribution in [1.82, 2.24) is 4.98 Å². The maximum atomic E-state index is 11.7. The molecule has 2 rings (SSSR count). The maximum Gasteiger partial charge on any atom is 0.162 e. The van der Waals surface area contributed by atoms with Crippen LogP contribution in [0.25, 0.3) is 10.8 Å². The van der Waals surface area contributed by atoms with Crippen LogP contribution in [0.2, 0.25) is 0 Å². The van der Waals surface area contributed by atoms with Crippen molar-refractivity contribution in [3.05, 3.63) is 41.2 Å². The molecule has 0 spiro atoms. The molecule has 0 aliphatic rings. The first-order valence-electron chi connectivity index (χ1n) is 5.54. The molecule has 2 nitrogen and oxygen atoms in total. The standard InChI is InChI=1S/C14H15NO/c1-4-13-14(10(3)16)12-8-6-5-7-11(12)9(2)15-13/h5-8H,4H2,1-3H3. The summed E-state index contributed by atoms with van der Waals surface area (Å²) >= 11 is 0. The quantitative estimate of drug-likeness (QED) is 0.716. The second-order valence-corrected chi connectivity index (χ2v) is 3.97. The minimum atomic E-state index is 0.0977. The molecule has 0 aliphatic carbocycles. The molecule has 0 radical (unpaired) electrons. The average Bonchev–Trinajstić information content (AvgIpc) is 2.28. The minimum Gasteiger partial charge on any atom is -0.294 e. The van der Waals surface area contributed by atoms with Crippen LogP contribution in [0.5, 0.6) is 0 Å². The molecule has 0 fully saturated rings. The number of aromatic nitrogens is 1. The van der Waals surface area contributed by atoms with Crippen molar-refractivity contribution in [2.45, 2.75) is 27.2 Å². The second-order valence-electron chi connectivity index (χ2n) is 3.97. The van der Waals surface area contributed by atoms with Gasteiger partial charge in [-0.05, 0) is 25.7 Å². The number of rotatable bonds is 2. The molecule has 0 saturated carbocycles. The van der Waals surface area contributed by atoms with Gasteiger partial charge in [0.15, 0.2) is 5.78 Å². The normalized spacial score (nSPS) is 10.7. The molecular weight excluding hydrogens is 198 g/mol. The highest BCUT2D eigenvalue weighted by molar-refractivity contribution is 6.08. The molecule has 2 heteroatoms. The zero-order valence-corrected chi connectivity index (χ0v) is 9.87. The van der Waals surface area contributed by atoms with Crippen molar-refractivity contribution < 1.29 is 4.79 Å². The molecule has 0 N–H and O–H groups in total. The predicted octanol–water partition coefficient (Wildman–Crippen LogP) is 3.31. The van der Waals surface area contributed by atoms with Crippen LogP contribution in [0.4, 0.5) is 0 Å². The van der Waals surface area contributed by atoms with Gasteiger partial charge in [-0.1, -0.05) is 31.2 Å². The van der Waals surface area contributed by atoms with E-state index in [2.05, 4.69) is 4.98 Å². The highest BCUT2D eigenvalue weighted by Gasteiger charge is 2.13. The number of nitrogens with zero attached hydrogens (tertiary/aromatic N) is 1. The fourth-order valence-corrected chi connectivity index (χ4v) is 2.14. The number of ketones is 1. The van der Waals surface area contributed by atoms with Crippen LogP contribution in [0.1, 0.15) is 35.6 Å². The van der Waals surface area contributed by atoms with E-state index in [0.717, 1.165) is 34.1 Å². The Morgan fingerprint density at radius 2 is 1.88 bits per heavy atom. The molecule has 0 bridgehead atoms. The molecule has 1 aromatic carbocycles. The summed E-state index contributed by atoms with van der Waals surface area (Å²) in [6.45, 7) is 5.63. The van der Waals surface area contributed by atoms with E-state index in [9.17, 15) is 4.79 Å². The Bertz CT molecular complexity index is 558. The van der Waals surface area contributed by atoms with Gasteiger partial charge in [0.05, 0.1) is 5.69 Å². The van der Waals surface area contributed by atoms with E-state index in [-0.39, 0.29) is 5.78 Å². The lowest BCUT2D eigenvalue weighted by atomic mass is 9.98. The van der Waals surface area contributed by atoms with Crippen LogP contribution in [0, 0.1) is 6.92 Å². The zero-order valence-electron chi connectivity index (χ0n) is 9.87. The number of fused-ring (bicyclic) bond motifs is 1. The van der Waals surface area contributed by atoms with E-state index in [1.807, 2.05) is 38.1 Å². The van der Waals surface area contributed by atoms with Gasteiger partial charge in [-0.25, -0.2) is 0 Å². The third-order valence-corrected chi connectivity index (χ3v) is 2.86. The Balaban J connectivity index is 2.92. The minimum absolute atomic E-state index is 0.0977. The van der Waals surface area contributed by atoms with E-state index < -0.39 is 0 Å². The summed E-state index contributed by atoms with van der Waals surface area (Å²) in [4.78, 5) is 16.2. The van der Waals surface area contributed by atoms with Gasteiger partial charge >= 0.3 is 0 Å². The van der Waals surface area contributed by atoms with Crippen molar-refractivity contribution in [2.24, 2.45) is 0 Å². The van der Waals surface area contributed by atoms with Crippen LogP contribution in [0.15, 0.2) is 24.3 Å². The highest BCUT2D eigenvalue weighted by atomic mass is 16.1. The van der Waals surface area contributed by atoms with Crippen LogP contribution in [0.3, 0.4) is 0 Å². The van der Waals surface area contributed by atoms with E-state index in [0.29, 0.717) is 0 Å². The van der Waals surface area contributed by atoms with Crippen molar-refractivity contribution in [3.63, 3.8) is 0 Å². The Morgan fingerprint density at radius 1 is 1.25 bits per heavy atom. The Morgan fingerprint density at radius 3 is 2.44 bits per heavy atom. The first-order chi connectivity index (χ1) is 7.65. The Kier molecular flexibility index (Phi) is 2.73. The molecule has 0 atom stereocenters. The highest BCUT2D eigenvalue weighted by Crippen LogP contribution is 2.24. The van der Waals surface area contributed by atoms with Crippen LogP contribution in [-0.2, 0) is 6.42 Å². The van der Waals surface area contributed by atoms with E-state index in [1.54, 1.807) is 6.92 Å². The summed E-state index contributed by atoms with van der Waals surface area (Å²) in [5.74, 6) is 0.0977. The average molecular weight is 213 g/mol. The summed E-state index contributed by atoms with van der Waals surface area (Å²) in [7, 11) is 0. The number of Topliss-reactive ketones (excluding diaryl/α,β-unsaturated/α-hetero) is 1. The van der Waals surface area contributed by atoms with E-state index in [4.69, 9.17) is 0 Å². The number of pyridine rings is 1. The van der Waals surface area contributed by atoms with E-state index >= 15 is 0 Å². The molecular formula is C14H15NO. The molecule has 2 aromatic rings. The van der Waals surface area contributed by atoms with E-state index in [1.165, 1.54) is 0 Å². The third-order valence-electron chi connectivity index (χ3n) is 2.86. The first kappa shape index (κ1) is 10.8. The second kappa shape index (κ2) is 4.05. The van der Waals surface area contributed by atoms with Gasteiger partial charge in [-0.3, -0.25) is 9.78 Å². The Hall–Kier alpha value is -1.70. The smallest absolute Gasteiger partial charge is 0.162 e. The van der Waals surface area contributed by atoms with Crippen molar-refractivity contribution >= 4 is 16.6 Å². The zero-order chi connectivity index (χ0) is 11.7. The van der Waals surface area contributed by atoms with Gasteiger partial charge in [0, 0.05) is 16.6 Å². The predicted molar refractivity (Wildman–Crippen MR) is 65.9 cm³/mol. The summed E-state index contributed by atoms with van der Waals surface area (Å²) in [5, 5.41) is 2.10. The molecule has 16 heavy (non-hydrogen) atoms. The number of benzene rings is 1. The molecule has 82 valence electrons. The largest absolute Gasteiger partial charge is 0.294 e. The van der Waals surface area contributed by atoms with Crippen molar-refractivity contribution in [3.8, 4) is 0 Å². The van der Waals surface area contributed by atoms with Gasteiger partial charge in [0.2, 0.25) is 0 Å². The van der Waals surface area contributed by atoms with Crippen LogP contribution >= 0.6 is 0 Å². The molecule has 0 amide bonds. The summed E-state index contributed by atoms with van der Waals surface area (Å²) in [6.07, 6.45) is 0.792. The lowest BCUT2D eigenvalue weighted by Crippen LogP contribution is -2.04. The monoisotopic (exact) mass is 213 g/mol. The number of hydrogen-bond acceptors (Lipinski definition) is 2. The lowest BCUT2D eigenvalue weighted by molar-refractivity contribution is 0.101. The maximum absolute atomic E-state index is 11.7. The van der Waals surface area contributed by atoms with Gasteiger partial charge in [0.1, 0.15) is 0 Å². The van der Waals surface area contributed by atoms with Gasteiger partial charge in [0.25, 0.3) is 0 Å². The summed E-state index contributed by atoms with van der Waals surface area (Å²) < 4.78 is 0. The number of aryl methyl sites for hydroxylation is 2. The van der Waals surface area contributed by atoms with Crippen molar-refractivity contribution in [2.75, 3.05) is 0 Å². The number of hydrogen-bond donors (Lipinski definition) is 0. The molecule has 1 aromatic heterocycles. The number of carbonyl (C=O) groups excluding carboxylic acids is 1. The third kappa shape index (κ3) is 1.60. The van der Waals surface area contributed by atoms with Gasteiger partial charge < -0.3 is 0 Å².